The summed E-state index contributed by atoms with van der Waals surface area (Å²) >= 11 is 0. The summed E-state index contributed by atoms with van der Waals surface area (Å²) in [4.78, 5) is 0. The first-order valence-corrected chi connectivity index (χ1v) is 18.7. The first-order chi connectivity index (χ1) is 20.8. The zero-order valence-corrected chi connectivity index (χ0v) is 25.8. The fraction of sp³-hybridized carbons (Fsp3) is 0.667. The van der Waals surface area contributed by atoms with Gasteiger partial charge < -0.3 is 0 Å². The van der Waals surface area contributed by atoms with E-state index in [0.717, 1.165) is 76.9 Å². The topological polar surface area (TPSA) is 0 Å². The Balaban J connectivity index is 1.20. The van der Waals surface area contributed by atoms with Gasteiger partial charge in [0.15, 0.2) is 0 Å². The molecule has 0 saturated heterocycles. The second-order valence-electron chi connectivity index (χ2n) is 16.6. The summed E-state index contributed by atoms with van der Waals surface area (Å²) in [6.45, 7) is 0. The van der Waals surface area contributed by atoms with Gasteiger partial charge in [-0.2, -0.15) is 0 Å². The number of hydrogen-bond donors (Lipinski definition) is 0. The lowest BCUT2D eigenvalue weighted by atomic mass is 9.45. The molecule has 13 atom stereocenters. The van der Waals surface area contributed by atoms with Gasteiger partial charge in [0.2, 0.25) is 0 Å². The van der Waals surface area contributed by atoms with Gasteiger partial charge in [-0.25, -0.2) is 0 Å². The van der Waals surface area contributed by atoms with E-state index in [-0.39, 0.29) is 0 Å². The normalized spacial score (nSPS) is 49.7. The van der Waals surface area contributed by atoms with Crippen LogP contribution in [0, 0.1) is 76.9 Å². The molecular weight excluding hydrogens is 504 g/mol. The lowest BCUT2D eigenvalue weighted by Crippen LogP contribution is -2.53. The molecule has 0 radical (unpaired) electrons. The maximum Gasteiger partial charge on any atom is -0.00590 e. The van der Waals surface area contributed by atoms with Crippen molar-refractivity contribution in [2.75, 3.05) is 0 Å². The molecule has 13 unspecified atom stereocenters. The van der Waals surface area contributed by atoms with Crippen LogP contribution in [0.5, 0.6) is 0 Å². The molecule has 0 N–H and O–H groups in total. The van der Waals surface area contributed by atoms with E-state index >= 15 is 0 Å². The molecule has 0 aromatic rings. The van der Waals surface area contributed by atoms with Gasteiger partial charge >= 0.3 is 0 Å². The minimum absolute atomic E-state index is 0.728. The van der Waals surface area contributed by atoms with Crippen LogP contribution in [-0.2, 0) is 0 Å². The molecule has 10 aliphatic rings. The number of rotatable bonds is 2. The molecule has 0 aromatic heterocycles. The quantitative estimate of drug-likeness (QED) is 0.317. The lowest BCUT2D eigenvalue weighted by molar-refractivity contribution is -0.109. The van der Waals surface area contributed by atoms with Crippen LogP contribution in [-0.4, -0.2) is 0 Å². The second-order valence-corrected chi connectivity index (χ2v) is 16.6. The van der Waals surface area contributed by atoms with Crippen LogP contribution in [0.3, 0.4) is 0 Å². The molecule has 10 aliphatic carbocycles. The van der Waals surface area contributed by atoms with Crippen molar-refractivity contribution < 1.29 is 0 Å². The van der Waals surface area contributed by atoms with Crippen molar-refractivity contribution in [2.24, 2.45) is 76.9 Å². The summed E-state index contributed by atoms with van der Waals surface area (Å²) in [6, 6.07) is 0. The molecule has 0 heterocycles. The standard InChI is InChI=1S/C42H52/c1-3-10-25(11-4-1)37-33-22-29-14-7-8-15-30(29)23-34(33)38(26-12-5-2-6-13-26)42-35-24-31-17-9-16-27-18-19-28-20-21-32(41(37)42)40(35)39(28)36(27)31/h3,5,8,10-13,15,23,27-29,31-33,35-37,39-42H,1-2,4,6-7,9,14,16-22,24H2. The Bertz CT molecular complexity index is 1360. The Hall–Kier alpha value is -1.82. The second kappa shape index (κ2) is 9.84. The number of fused-ring (bicyclic) bond motifs is 5. The molecule has 42 heavy (non-hydrogen) atoms. The van der Waals surface area contributed by atoms with Gasteiger partial charge in [-0.05, 0) is 182 Å². The Labute approximate surface area is 255 Å². The van der Waals surface area contributed by atoms with Gasteiger partial charge in [-0.15, -0.1) is 0 Å². The minimum atomic E-state index is 0.728. The monoisotopic (exact) mass is 556 g/mol. The van der Waals surface area contributed by atoms with E-state index in [2.05, 4.69) is 54.7 Å². The molecule has 0 heteroatoms. The highest BCUT2D eigenvalue weighted by atomic mass is 14.7. The Morgan fingerprint density at radius 3 is 2.17 bits per heavy atom. The Morgan fingerprint density at radius 2 is 1.31 bits per heavy atom. The molecule has 5 saturated carbocycles. The molecule has 0 amide bonds. The minimum Gasteiger partial charge on any atom is -0.0842 e. The highest BCUT2D eigenvalue weighted by Gasteiger charge is 2.66. The van der Waals surface area contributed by atoms with Crippen LogP contribution < -0.4 is 0 Å². The molecule has 0 spiro atoms. The van der Waals surface area contributed by atoms with Crippen molar-refractivity contribution >= 4 is 0 Å². The zero-order valence-electron chi connectivity index (χ0n) is 25.8. The first-order valence-electron chi connectivity index (χ1n) is 18.7. The summed E-state index contributed by atoms with van der Waals surface area (Å²) in [6.07, 6.45) is 45.1. The summed E-state index contributed by atoms with van der Waals surface area (Å²) in [5.41, 5.74) is 8.82. The maximum atomic E-state index is 2.80. The molecule has 220 valence electrons. The van der Waals surface area contributed by atoms with Crippen molar-refractivity contribution in [3.8, 4) is 0 Å². The van der Waals surface area contributed by atoms with Gasteiger partial charge in [0.1, 0.15) is 0 Å². The predicted octanol–water partition coefficient (Wildman–Crippen LogP) is 10.7. The molecule has 0 bridgehead atoms. The molecule has 0 nitrogen and oxygen atoms in total. The van der Waals surface area contributed by atoms with E-state index in [9.17, 15) is 0 Å². The van der Waals surface area contributed by atoms with Crippen LogP contribution in [0.15, 0.2) is 82.5 Å². The van der Waals surface area contributed by atoms with Crippen LogP contribution in [0.1, 0.15) is 96.3 Å². The van der Waals surface area contributed by atoms with E-state index in [0.29, 0.717) is 0 Å². The average molecular weight is 557 g/mol. The third kappa shape index (κ3) is 3.59. The van der Waals surface area contributed by atoms with E-state index < -0.39 is 0 Å². The molecule has 10 rings (SSSR count). The summed E-state index contributed by atoms with van der Waals surface area (Å²) in [7, 11) is 0. The molecular formula is C42H52. The fourth-order valence-electron chi connectivity index (χ4n) is 14.3. The van der Waals surface area contributed by atoms with Gasteiger partial charge in [0, 0.05) is 0 Å². The van der Waals surface area contributed by atoms with Crippen molar-refractivity contribution in [3.05, 3.63) is 82.5 Å². The van der Waals surface area contributed by atoms with E-state index in [1.165, 1.54) is 51.4 Å². The fourth-order valence-corrected chi connectivity index (χ4v) is 14.3. The number of allylic oxidation sites excluding steroid dienone is 14. The smallest absolute Gasteiger partial charge is 0.00590 e. The van der Waals surface area contributed by atoms with Gasteiger partial charge in [0.25, 0.3) is 0 Å². The molecule has 0 aliphatic heterocycles. The van der Waals surface area contributed by atoms with E-state index in [1.54, 1.807) is 61.7 Å². The Morgan fingerprint density at radius 1 is 0.524 bits per heavy atom. The lowest BCUT2D eigenvalue weighted by Gasteiger charge is -2.60. The van der Waals surface area contributed by atoms with Crippen LogP contribution in [0.25, 0.3) is 0 Å². The summed E-state index contributed by atoms with van der Waals surface area (Å²) in [5.74, 6) is 12.2. The third-order valence-electron chi connectivity index (χ3n) is 15.3. The molecule has 0 aromatic carbocycles. The first kappa shape index (κ1) is 25.5. The van der Waals surface area contributed by atoms with Crippen LogP contribution in [0.4, 0.5) is 0 Å². The van der Waals surface area contributed by atoms with Gasteiger partial charge in [-0.1, -0.05) is 73.9 Å². The average Bonchev–Trinajstić information content (AvgIpc) is 3.37. The van der Waals surface area contributed by atoms with Crippen molar-refractivity contribution in [1.29, 1.82) is 0 Å². The van der Waals surface area contributed by atoms with Crippen LogP contribution >= 0.6 is 0 Å². The highest BCUT2D eigenvalue weighted by Crippen LogP contribution is 2.73. The third-order valence-corrected chi connectivity index (χ3v) is 15.3. The maximum absolute atomic E-state index is 2.80. The summed E-state index contributed by atoms with van der Waals surface area (Å²) < 4.78 is 0. The highest BCUT2D eigenvalue weighted by molar-refractivity contribution is 5.56. The predicted molar refractivity (Wildman–Crippen MR) is 173 cm³/mol. The van der Waals surface area contributed by atoms with Crippen molar-refractivity contribution in [2.45, 2.75) is 96.3 Å². The van der Waals surface area contributed by atoms with Crippen molar-refractivity contribution in [3.63, 3.8) is 0 Å². The van der Waals surface area contributed by atoms with Crippen molar-refractivity contribution in [1.82, 2.24) is 0 Å². The van der Waals surface area contributed by atoms with Gasteiger partial charge in [-0.3, -0.25) is 0 Å². The summed E-state index contributed by atoms with van der Waals surface area (Å²) in [5, 5.41) is 0. The van der Waals surface area contributed by atoms with Gasteiger partial charge in [0.05, 0.1) is 0 Å². The Kier molecular flexibility index (Phi) is 5.98. The SMILES string of the molecule is C1=CC(C2=C3C=C4C=CCCC4CC3C(C3=CCCC=C3)C3C4CCC5CCC6CCCC7CC(C23)C4C5C67)=CCC1. The van der Waals surface area contributed by atoms with E-state index in [4.69, 9.17) is 0 Å². The number of hydrogen-bond acceptors (Lipinski definition) is 0. The largest absolute Gasteiger partial charge is 0.0842 e. The van der Waals surface area contributed by atoms with E-state index in [1.807, 2.05) is 11.1 Å². The van der Waals surface area contributed by atoms with Crippen LogP contribution in [0.2, 0.25) is 0 Å². The molecule has 5 fully saturated rings. The zero-order chi connectivity index (χ0) is 27.4.